The van der Waals surface area contributed by atoms with Gasteiger partial charge < -0.3 is 9.30 Å². The van der Waals surface area contributed by atoms with E-state index in [1.54, 1.807) is 55.5 Å². The van der Waals surface area contributed by atoms with Crippen LogP contribution in [0.5, 0.6) is 11.6 Å². The summed E-state index contributed by atoms with van der Waals surface area (Å²) < 4.78 is 36.4. The van der Waals surface area contributed by atoms with E-state index in [0.29, 0.717) is 34.3 Å². The average Bonchev–Trinajstić information content (AvgIpc) is 3.35. The number of nitrogens with zero attached hydrogens (tertiary/aromatic N) is 3. The molecule has 0 aliphatic heterocycles. The van der Waals surface area contributed by atoms with Crippen LogP contribution in [0, 0.1) is 6.92 Å². The van der Waals surface area contributed by atoms with Gasteiger partial charge in [-0.25, -0.2) is 13.4 Å². The highest BCUT2D eigenvalue weighted by molar-refractivity contribution is 7.93. The molecule has 0 radical (unpaired) electrons. The minimum absolute atomic E-state index is 0.231. The Bertz CT molecular complexity index is 1530. The third-order valence-electron chi connectivity index (χ3n) is 5.04. The van der Waals surface area contributed by atoms with Crippen LogP contribution in [0.1, 0.15) is 5.82 Å². The van der Waals surface area contributed by atoms with E-state index in [1.807, 2.05) is 53.4 Å². The fourth-order valence-corrected chi connectivity index (χ4v) is 4.84. The number of hydrogen-bond donors (Lipinski definition) is 1. The summed E-state index contributed by atoms with van der Waals surface area (Å²) in [5, 5.41) is 1.54. The number of benzene rings is 3. The van der Waals surface area contributed by atoms with Crippen molar-refractivity contribution in [3.8, 4) is 17.4 Å². The van der Waals surface area contributed by atoms with E-state index >= 15 is 0 Å². The molecule has 3 aromatic carbocycles. The maximum atomic E-state index is 13.0. The number of rotatable bonds is 6. The zero-order valence-electron chi connectivity index (χ0n) is 17.7. The maximum Gasteiger partial charge on any atom is 0.262 e. The lowest BCUT2D eigenvalue weighted by Crippen LogP contribution is -2.13. The van der Waals surface area contributed by atoms with Crippen LogP contribution in [0.15, 0.2) is 102 Å². The van der Waals surface area contributed by atoms with Crippen LogP contribution in [0.25, 0.3) is 16.6 Å². The summed E-state index contributed by atoms with van der Waals surface area (Å²) in [4.78, 5) is 8.98. The van der Waals surface area contributed by atoms with E-state index in [0.717, 1.165) is 5.39 Å². The third-order valence-corrected chi connectivity index (χ3v) is 6.48. The minimum Gasteiger partial charge on any atom is -0.439 e. The molecular weight excluding hydrogens is 436 g/mol. The van der Waals surface area contributed by atoms with Crippen molar-refractivity contribution in [3.63, 3.8) is 0 Å². The van der Waals surface area contributed by atoms with Crippen LogP contribution >= 0.6 is 0 Å². The normalized spacial score (nSPS) is 11.4. The quantitative estimate of drug-likeness (QED) is 0.374. The van der Waals surface area contributed by atoms with Crippen molar-refractivity contribution >= 4 is 26.5 Å². The summed E-state index contributed by atoms with van der Waals surface area (Å²) in [6.07, 6.45) is 3.78. The summed E-state index contributed by atoms with van der Waals surface area (Å²) in [6, 6.07) is 24.9. The van der Waals surface area contributed by atoms with Gasteiger partial charge in [-0.2, -0.15) is 4.98 Å². The largest absolute Gasteiger partial charge is 0.439 e. The molecule has 2 heterocycles. The van der Waals surface area contributed by atoms with Crippen LogP contribution in [-0.4, -0.2) is 23.0 Å². The van der Waals surface area contributed by atoms with E-state index in [-0.39, 0.29) is 4.90 Å². The van der Waals surface area contributed by atoms with Gasteiger partial charge in [-0.1, -0.05) is 36.4 Å². The van der Waals surface area contributed by atoms with Crippen LogP contribution in [0.4, 0.5) is 5.69 Å². The van der Waals surface area contributed by atoms with Gasteiger partial charge in [-0.15, -0.1) is 0 Å². The summed E-state index contributed by atoms with van der Waals surface area (Å²) in [5.74, 6) is 2.20. The zero-order valence-corrected chi connectivity index (χ0v) is 18.5. The SMILES string of the molecule is Cc1nc(Oc2ccc(NS(=O)(=O)c3cccc4ccccc34)cc2)cc(-n2cccc2)n1. The molecule has 0 aliphatic rings. The molecule has 0 atom stereocenters. The molecular formula is C25H20N4O3S. The first kappa shape index (κ1) is 20.7. The summed E-state index contributed by atoms with van der Waals surface area (Å²) in [5.41, 5.74) is 0.433. The van der Waals surface area contributed by atoms with Gasteiger partial charge in [-0.05, 0) is 54.8 Å². The number of fused-ring (bicyclic) bond motifs is 1. The van der Waals surface area contributed by atoms with Gasteiger partial charge in [0, 0.05) is 29.5 Å². The Morgan fingerprint density at radius 1 is 0.848 bits per heavy atom. The minimum atomic E-state index is -3.76. The first-order valence-corrected chi connectivity index (χ1v) is 11.7. The first-order valence-electron chi connectivity index (χ1n) is 10.3. The van der Waals surface area contributed by atoms with Crippen LogP contribution < -0.4 is 9.46 Å². The molecule has 0 saturated heterocycles. The van der Waals surface area contributed by atoms with Crippen molar-refractivity contribution in [1.82, 2.24) is 14.5 Å². The van der Waals surface area contributed by atoms with E-state index in [1.165, 1.54) is 0 Å². The Balaban J connectivity index is 1.36. The van der Waals surface area contributed by atoms with Gasteiger partial charge in [0.1, 0.15) is 17.4 Å². The predicted molar refractivity (Wildman–Crippen MR) is 127 cm³/mol. The molecule has 0 bridgehead atoms. The van der Waals surface area contributed by atoms with Crippen molar-refractivity contribution in [2.75, 3.05) is 4.72 Å². The van der Waals surface area contributed by atoms with Gasteiger partial charge in [0.15, 0.2) is 0 Å². The second-order valence-electron chi connectivity index (χ2n) is 7.41. The van der Waals surface area contributed by atoms with Crippen molar-refractivity contribution in [2.24, 2.45) is 0 Å². The molecule has 0 unspecified atom stereocenters. The Kier molecular flexibility index (Phi) is 5.27. The Hall–Kier alpha value is -4.17. The van der Waals surface area contributed by atoms with Crippen LogP contribution in [-0.2, 0) is 10.0 Å². The average molecular weight is 457 g/mol. The number of aromatic nitrogens is 3. The molecule has 0 fully saturated rings. The highest BCUT2D eigenvalue weighted by atomic mass is 32.2. The lowest BCUT2D eigenvalue weighted by atomic mass is 10.1. The first-order chi connectivity index (χ1) is 16.0. The summed E-state index contributed by atoms with van der Waals surface area (Å²) >= 11 is 0. The molecule has 5 aromatic rings. The number of hydrogen-bond acceptors (Lipinski definition) is 5. The van der Waals surface area contributed by atoms with Gasteiger partial charge in [0.25, 0.3) is 10.0 Å². The highest BCUT2D eigenvalue weighted by Crippen LogP contribution is 2.27. The molecule has 33 heavy (non-hydrogen) atoms. The fraction of sp³-hybridized carbons (Fsp3) is 0.0400. The highest BCUT2D eigenvalue weighted by Gasteiger charge is 2.17. The lowest BCUT2D eigenvalue weighted by molar-refractivity contribution is 0.459. The van der Waals surface area contributed by atoms with E-state index in [2.05, 4.69) is 14.7 Å². The van der Waals surface area contributed by atoms with E-state index in [4.69, 9.17) is 4.74 Å². The zero-order chi connectivity index (χ0) is 22.8. The van der Waals surface area contributed by atoms with E-state index in [9.17, 15) is 8.42 Å². The molecule has 0 spiro atoms. The molecule has 7 nitrogen and oxygen atoms in total. The van der Waals surface area contributed by atoms with Gasteiger partial charge in [0.05, 0.1) is 4.90 Å². The van der Waals surface area contributed by atoms with Gasteiger partial charge in [-0.3, -0.25) is 4.72 Å². The van der Waals surface area contributed by atoms with Crippen molar-refractivity contribution < 1.29 is 13.2 Å². The summed E-state index contributed by atoms with van der Waals surface area (Å²) in [6.45, 7) is 1.80. The molecule has 164 valence electrons. The van der Waals surface area contributed by atoms with Crippen molar-refractivity contribution in [3.05, 3.63) is 103 Å². The fourth-order valence-electron chi connectivity index (χ4n) is 3.55. The topological polar surface area (TPSA) is 86.1 Å². The standard InChI is InChI=1S/C25H20N4O3S/c1-18-26-24(29-15-4-5-16-29)17-25(27-18)32-21-13-11-20(12-14-21)28-33(30,31)23-10-6-8-19-7-2-3-9-22(19)23/h2-17,28H,1H3. The molecule has 8 heteroatoms. The van der Waals surface area contributed by atoms with Gasteiger partial charge in [0.2, 0.25) is 5.88 Å². The third kappa shape index (κ3) is 4.42. The number of aryl methyl sites for hydroxylation is 1. The monoisotopic (exact) mass is 456 g/mol. The predicted octanol–water partition coefficient (Wildman–Crippen LogP) is 5.32. The molecule has 5 rings (SSSR count). The molecule has 0 saturated carbocycles. The Labute approximate surface area is 191 Å². The van der Waals surface area contributed by atoms with E-state index < -0.39 is 10.0 Å². The smallest absolute Gasteiger partial charge is 0.262 e. The Morgan fingerprint density at radius 3 is 2.36 bits per heavy atom. The number of sulfonamides is 1. The summed E-state index contributed by atoms with van der Waals surface area (Å²) in [7, 11) is -3.76. The lowest BCUT2D eigenvalue weighted by Gasteiger charge is -2.12. The van der Waals surface area contributed by atoms with Crippen LogP contribution in [0.3, 0.4) is 0 Å². The maximum absolute atomic E-state index is 13.0. The molecule has 1 N–H and O–H groups in total. The number of anilines is 1. The Morgan fingerprint density at radius 2 is 1.58 bits per heavy atom. The number of ether oxygens (including phenoxy) is 1. The van der Waals surface area contributed by atoms with Crippen molar-refractivity contribution in [2.45, 2.75) is 11.8 Å². The van der Waals surface area contributed by atoms with Crippen LogP contribution in [0.2, 0.25) is 0 Å². The molecule has 2 aromatic heterocycles. The van der Waals surface area contributed by atoms with Crippen molar-refractivity contribution in [1.29, 1.82) is 0 Å². The second-order valence-corrected chi connectivity index (χ2v) is 9.06. The second kappa shape index (κ2) is 8.40. The van der Waals surface area contributed by atoms with Gasteiger partial charge >= 0.3 is 0 Å². The molecule has 0 amide bonds. The molecule has 0 aliphatic carbocycles. The number of nitrogens with one attached hydrogen (secondary N) is 1.